The number of nitrogens with one attached hydrogen (secondary N) is 1. The van der Waals surface area contributed by atoms with Crippen LogP contribution in [0.1, 0.15) is 11.1 Å². The molecule has 1 amide bonds. The van der Waals surface area contributed by atoms with Crippen LogP contribution in [0.5, 0.6) is 0 Å². The van der Waals surface area contributed by atoms with Gasteiger partial charge in [0.1, 0.15) is 0 Å². The Morgan fingerprint density at radius 3 is 2.45 bits per heavy atom. The third-order valence-corrected chi connectivity index (χ3v) is 6.26. The maximum Gasteiger partial charge on any atom is 0.322 e. The SMILES string of the molecule is O=C1Nc2ccccc2C12ON=C(c1ccc(Br)cc1)N2c1ccc2ccccc2c1. The fourth-order valence-electron chi connectivity index (χ4n) is 4.27. The summed E-state index contributed by atoms with van der Waals surface area (Å²) in [6.07, 6.45) is 0. The van der Waals surface area contributed by atoms with E-state index in [1.807, 2.05) is 71.6 Å². The maximum absolute atomic E-state index is 13.4. The molecule has 0 fully saturated rings. The van der Waals surface area contributed by atoms with Crippen LogP contribution in [0.2, 0.25) is 0 Å². The summed E-state index contributed by atoms with van der Waals surface area (Å²) in [7, 11) is 0. The number of amides is 1. The van der Waals surface area contributed by atoms with Crippen LogP contribution in [0.25, 0.3) is 10.8 Å². The first-order valence-corrected chi connectivity index (χ1v) is 10.7. The summed E-state index contributed by atoms with van der Waals surface area (Å²) in [4.78, 5) is 21.3. The van der Waals surface area contributed by atoms with E-state index in [1.54, 1.807) is 0 Å². The average Bonchev–Trinajstić information content (AvgIpc) is 3.33. The van der Waals surface area contributed by atoms with Crippen molar-refractivity contribution in [1.29, 1.82) is 0 Å². The summed E-state index contributed by atoms with van der Waals surface area (Å²) < 4.78 is 0.965. The lowest BCUT2D eigenvalue weighted by molar-refractivity contribution is -0.137. The van der Waals surface area contributed by atoms with Gasteiger partial charge in [0, 0.05) is 15.7 Å². The minimum Gasteiger partial charge on any atom is -0.349 e. The molecule has 0 radical (unpaired) electrons. The highest BCUT2D eigenvalue weighted by Crippen LogP contribution is 2.47. The number of oxime groups is 1. The first-order valence-electron chi connectivity index (χ1n) is 9.89. The number of halogens is 1. The van der Waals surface area contributed by atoms with E-state index in [0.717, 1.165) is 37.7 Å². The minimum atomic E-state index is -1.40. The third-order valence-electron chi connectivity index (χ3n) is 5.73. The number of hydrogen-bond acceptors (Lipinski definition) is 4. The molecule has 2 heterocycles. The van der Waals surface area contributed by atoms with Crippen LogP contribution < -0.4 is 10.2 Å². The van der Waals surface area contributed by atoms with E-state index in [1.165, 1.54) is 0 Å². The Kier molecular flexibility index (Phi) is 3.91. The van der Waals surface area contributed by atoms with Crippen molar-refractivity contribution in [2.45, 2.75) is 5.72 Å². The van der Waals surface area contributed by atoms with Crippen molar-refractivity contribution in [3.63, 3.8) is 0 Å². The van der Waals surface area contributed by atoms with E-state index in [0.29, 0.717) is 5.84 Å². The van der Waals surface area contributed by atoms with E-state index in [2.05, 4.69) is 50.7 Å². The van der Waals surface area contributed by atoms with Crippen molar-refractivity contribution in [3.8, 4) is 0 Å². The van der Waals surface area contributed by atoms with Gasteiger partial charge in [-0.2, -0.15) is 0 Å². The van der Waals surface area contributed by atoms with Crippen LogP contribution in [0.3, 0.4) is 0 Å². The molecule has 31 heavy (non-hydrogen) atoms. The van der Waals surface area contributed by atoms with Crippen molar-refractivity contribution < 1.29 is 9.63 Å². The van der Waals surface area contributed by atoms with E-state index in [4.69, 9.17) is 4.84 Å². The fourth-order valence-corrected chi connectivity index (χ4v) is 4.53. The zero-order valence-electron chi connectivity index (χ0n) is 16.2. The Hall–Kier alpha value is -3.64. The van der Waals surface area contributed by atoms with Crippen LogP contribution in [-0.2, 0) is 15.4 Å². The molecule has 1 unspecified atom stereocenters. The van der Waals surface area contributed by atoms with E-state index < -0.39 is 5.72 Å². The number of fused-ring (bicyclic) bond motifs is 3. The Labute approximate surface area is 187 Å². The van der Waals surface area contributed by atoms with Crippen molar-refractivity contribution >= 4 is 49.8 Å². The molecule has 0 bridgehead atoms. The topological polar surface area (TPSA) is 53.9 Å². The van der Waals surface area contributed by atoms with Gasteiger partial charge in [0.15, 0.2) is 5.84 Å². The standard InChI is InChI=1S/C25H16BrN3O2/c26-19-12-9-17(10-13-19)23-28-31-25(21-7-3-4-8-22(21)27-24(25)30)29(23)20-14-11-16-5-1-2-6-18(16)15-20/h1-15H,(H,27,30). The van der Waals surface area contributed by atoms with Gasteiger partial charge < -0.3 is 10.2 Å². The van der Waals surface area contributed by atoms with E-state index in [-0.39, 0.29) is 5.91 Å². The summed E-state index contributed by atoms with van der Waals surface area (Å²) in [5, 5.41) is 9.58. The Balaban J connectivity index is 1.59. The molecule has 150 valence electrons. The largest absolute Gasteiger partial charge is 0.349 e. The second-order valence-electron chi connectivity index (χ2n) is 7.52. The number of carbonyl (C=O) groups excluding carboxylic acids is 1. The van der Waals surface area contributed by atoms with Crippen molar-refractivity contribution in [2.24, 2.45) is 5.16 Å². The zero-order valence-corrected chi connectivity index (χ0v) is 17.8. The van der Waals surface area contributed by atoms with Gasteiger partial charge in [-0.3, -0.25) is 9.69 Å². The molecule has 4 aromatic carbocycles. The number of hydrogen-bond donors (Lipinski definition) is 1. The lowest BCUT2D eigenvalue weighted by Crippen LogP contribution is -2.51. The van der Waals surface area contributed by atoms with Gasteiger partial charge >= 0.3 is 5.72 Å². The molecule has 0 saturated carbocycles. The number of para-hydroxylation sites is 1. The molecular formula is C25H16BrN3O2. The molecule has 2 aliphatic heterocycles. The highest BCUT2D eigenvalue weighted by molar-refractivity contribution is 9.10. The van der Waals surface area contributed by atoms with Gasteiger partial charge in [0.2, 0.25) is 0 Å². The highest BCUT2D eigenvalue weighted by Gasteiger charge is 2.59. The van der Waals surface area contributed by atoms with Gasteiger partial charge in [-0.15, -0.1) is 0 Å². The first-order chi connectivity index (χ1) is 15.2. The molecule has 1 atom stereocenters. The summed E-state index contributed by atoms with van der Waals surface area (Å²) in [6.45, 7) is 0. The number of amidine groups is 1. The monoisotopic (exact) mass is 469 g/mol. The molecule has 1 N–H and O–H groups in total. The first kappa shape index (κ1) is 18.2. The van der Waals surface area contributed by atoms with Crippen molar-refractivity contribution in [1.82, 2.24) is 0 Å². The Morgan fingerprint density at radius 2 is 1.61 bits per heavy atom. The quantitative estimate of drug-likeness (QED) is 0.415. The molecule has 0 aromatic heterocycles. The summed E-state index contributed by atoms with van der Waals surface area (Å²) in [5.74, 6) is 0.312. The van der Waals surface area contributed by atoms with Crippen LogP contribution in [0.15, 0.2) is 101 Å². The molecule has 6 heteroatoms. The predicted molar refractivity (Wildman–Crippen MR) is 125 cm³/mol. The van der Waals surface area contributed by atoms with Gasteiger partial charge in [-0.1, -0.05) is 81.7 Å². The van der Waals surface area contributed by atoms with Crippen molar-refractivity contribution in [2.75, 3.05) is 10.2 Å². The molecule has 0 aliphatic carbocycles. The van der Waals surface area contributed by atoms with Crippen LogP contribution in [0.4, 0.5) is 11.4 Å². The summed E-state index contributed by atoms with van der Waals surface area (Å²) in [6, 6.07) is 29.6. The molecule has 2 aliphatic rings. The Morgan fingerprint density at radius 1 is 0.871 bits per heavy atom. The Bertz CT molecular complexity index is 1380. The lowest BCUT2D eigenvalue weighted by atomic mass is 9.99. The van der Waals surface area contributed by atoms with Gasteiger partial charge in [-0.05, 0) is 41.1 Å². The molecule has 6 rings (SSSR count). The smallest absolute Gasteiger partial charge is 0.322 e. The molecule has 4 aromatic rings. The van der Waals surface area contributed by atoms with Crippen molar-refractivity contribution in [3.05, 3.63) is 107 Å². The third kappa shape index (κ3) is 2.61. The minimum absolute atomic E-state index is 0.266. The van der Waals surface area contributed by atoms with E-state index >= 15 is 0 Å². The average molecular weight is 470 g/mol. The fraction of sp³-hybridized carbons (Fsp3) is 0.0400. The second kappa shape index (κ2) is 6.68. The summed E-state index contributed by atoms with van der Waals surface area (Å²) >= 11 is 3.48. The number of nitrogens with zero attached hydrogens (tertiary/aromatic N) is 2. The van der Waals surface area contributed by atoms with E-state index in [9.17, 15) is 4.79 Å². The lowest BCUT2D eigenvalue weighted by Gasteiger charge is -2.32. The zero-order chi connectivity index (χ0) is 21.0. The number of carbonyl (C=O) groups is 1. The molecule has 0 saturated heterocycles. The molecule has 5 nitrogen and oxygen atoms in total. The predicted octanol–water partition coefficient (Wildman–Crippen LogP) is 5.61. The van der Waals surface area contributed by atoms with Gasteiger partial charge in [0.25, 0.3) is 5.91 Å². The van der Waals surface area contributed by atoms with Crippen LogP contribution in [-0.4, -0.2) is 11.7 Å². The number of benzene rings is 4. The van der Waals surface area contributed by atoms with Crippen LogP contribution in [0, 0.1) is 0 Å². The van der Waals surface area contributed by atoms with Crippen LogP contribution >= 0.6 is 15.9 Å². The summed E-state index contributed by atoms with van der Waals surface area (Å²) in [5.41, 5.74) is 1.74. The normalized spacial score (nSPS) is 19.3. The molecular weight excluding hydrogens is 454 g/mol. The van der Waals surface area contributed by atoms with Gasteiger partial charge in [0.05, 0.1) is 11.3 Å². The van der Waals surface area contributed by atoms with Gasteiger partial charge in [-0.25, -0.2) is 0 Å². The highest BCUT2D eigenvalue weighted by atomic mass is 79.9. The number of rotatable bonds is 2. The second-order valence-corrected chi connectivity index (χ2v) is 8.44. The maximum atomic E-state index is 13.4. The molecule has 1 spiro atoms. The number of anilines is 2.